The van der Waals surface area contributed by atoms with Crippen LogP contribution in [0.25, 0.3) is 11.1 Å². The van der Waals surface area contributed by atoms with E-state index in [4.69, 9.17) is 4.74 Å². The van der Waals surface area contributed by atoms with Gasteiger partial charge in [-0.15, -0.1) is 0 Å². The van der Waals surface area contributed by atoms with Gasteiger partial charge in [-0.25, -0.2) is 4.39 Å². The van der Waals surface area contributed by atoms with E-state index in [-0.39, 0.29) is 0 Å². The minimum absolute atomic E-state index is 0.401. The van der Waals surface area contributed by atoms with E-state index in [9.17, 15) is 9.18 Å². The van der Waals surface area contributed by atoms with Gasteiger partial charge in [0.2, 0.25) is 0 Å². The molecule has 0 atom stereocenters. The van der Waals surface area contributed by atoms with Crippen LogP contribution >= 0.6 is 0 Å². The van der Waals surface area contributed by atoms with Crippen LogP contribution in [-0.2, 0) is 0 Å². The number of aldehydes is 1. The zero-order valence-electron chi connectivity index (χ0n) is 10.2. The van der Waals surface area contributed by atoms with Gasteiger partial charge in [-0.1, -0.05) is 17.7 Å². The molecule has 2 nitrogen and oxygen atoms in total. The first-order valence-corrected chi connectivity index (χ1v) is 5.55. The topological polar surface area (TPSA) is 26.3 Å². The molecule has 0 bridgehead atoms. The Morgan fingerprint density at radius 2 is 1.83 bits per heavy atom. The number of rotatable bonds is 3. The Morgan fingerprint density at radius 3 is 2.44 bits per heavy atom. The van der Waals surface area contributed by atoms with E-state index >= 15 is 0 Å². The molecule has 0 aromatic heterocycles. The van der Waals surface area contributed by atoms with Gasteiger partial charge in [0.15, 0.2) is 6.29 Å². The Balaban J connectivity index is 2.58. The average molecular weight is 244 g/mol. The van der Waals surface area contributed by atoms with Gasteiger partial charge >= 0.3 is 0 Å². The maximum atomic E-state index is 13.9. The normalized spacial score (nSPS) is 10.2. The molecule has 0 amide bonds. The highest BCUT2D eigenvalue weighted by molar-refractivity contribution is 5.88. The van der Waals surface area contributed by atoms with Crippen LogP contribution in [0.2, 0.25) is 0 Å². The van der Waals surface area contributed by atoms with Crippen LogP contribution in [0.1, 0.15) is 15.9 Å². The maximum Gasteiger partial charge on any atom is 0.150 e. The Labute approximate surface area is 105 Å². The Hall–Kier alpha value is -2.16. The van der Waals surface area contributed by atoms with Gasteiger partial charge < -0.3 is 4.74 Å². The summed E-state index contributed by atoms with van der Waals surface area (Å²) < 4.78 is 18.9. The van der Waals surface area contributed by atoms with Crippen LogP contribution in [0.5, 0.6) is 5.75 Å². The van der Waals surface area contributed by atoms with Gasteiger partial charge in [0, 0.05) is 17.2 Å². The molecule has 18 heavy (non-hydrogen) atoms. The lowest BCUT2D eigenvalue weighted by atomic mass is 9.98. The molecular formula is C15H13FO2. The van der Waals surface area contributed by atoms with Crippen molar-refractivity contribution in [2.75, 3.05) is 7.11 Å². The van der Waals surface area contributed by atoms with Crippen LogP contribution in [0.15, 0.2) is 36.4 Å². The van der Waals surface area contributed by atoms with E-state index in [1.165, 1.54) is 13.2 Å². The smallest absolute Gasteiger partial charge is 0.150 e. The monoisotopic (exact) mass is 244 g/mol. The molecule has 3 heteroatoms. The first kappa shape index (κ1) is 12.3. The largest absolute Gasteiger partial charge is 0.497 e. The van der Waals surface area contributed by atoms with Crippen molar-refractivity contribution < 1.29 is 13.9 Å². The van der Waals surface area contributed by atoms with Crippen LogP contribution < -0.4 is 4.74 Å². The third-order valence-electron chi connectivity index (χ3n) is 2.80. The summed E-state index contributed by atoms with van der Waals surface area (Å²) in [7, 11) is 1.48. The molecule has 2 rings (SSSR count). The van der Waals surface area contributed by atoms with E-state index in [1.807, 2.05) is 13.0 Å². The molecule has 0 aliphatic carbocycles. The molecular weight excluding hydrogens is 231 g/mol. The van der Waals surface area contributed by atoms with E-state index < -0.39 is 5.82 Å². The second kappa shape index (κ2) is 5.00. The molecule has 0 spiro atoms. The zero-order chi connectivity index (χ0) is 13.1. The number of carbonyl (C=O) groups excluding carboxylic acids is 1. The summed E-state index contributed by atoms with van der Waals surface area (Å²) in [6.07, 6.45) is 0.742. The first-order chi connectivity index (χ1) is 8.65. The highest BCUT2D eigenvalue weighted by atomic mass is 19.1. The summed E-state index contributed by atoms with van der Waals surface area (Å²) in [5.41, 5.74) is 2.45. The summed E-state index contributed by atoms with van der Waals surface area (Å²) in [5, 5.41) is 0. The number of carbonyl (C=O) groups is 1. The Kier molecular flexibility index (Phi) is 3.42. The van der Waals surface area contributed by atoms with Crippen LogP contribution in [-0.4, -0.2) is 13.4 Å². The zero-order valence-corrected chi connectivity index (χ0v) is 10.2. The van der Waals surface area contributed by atoms with Crippen LogP contribution in [0.4, 0.5) is 4.39 Å². The number of ether oxygens (including phenoxy) is 1. The first-order valence-electron chi connectivity index (χ1n) is 5.55. The van der Waals surface area contributed by atoms with Crippen molar-refractivity contribution in [3.05, 3.63) is 53.3 Å². The maximum absolute atomic E-state index is 13.9. The van der Waals surface area contributed by atoms with Crippen molar-refractivity contribution in [3.63, 3.8) is 0 Å². The number of halogens is 1. The minimum atomic E-state index is -0.402. The van der Waals surface area contributed by atoms with Crippen LogP contribution in [0.3, 0.4) is 0 Å². The fourth-order valence-corrected chi connectivity index (χ4v) is 1.87. The summed E-state index contributed by atoms with van der Waals surface area (Å²) in [4.78, 5) is 11.0. The van der Waals surface area contributed by atoms with Crippen molar-refractivity contribution in [1.82, 2.24) is 0 Å². The number of hydrogen-bond acceptors (Lipinski definition) is 2. The standard InChI is InChI=1S/C15H13FO2/c1-10-3-5-13(11(7-10)9-17)14-6-4-12(18-2)8-15(14)16/h3-9H,1-2H3. The molecule has 2 aromatic carbocycles. The van der Waals surface area contributed by atoms with Gasteiger partial charge in [-0.2, -0.15) is 0 Å². The fourth-order valence-electron chi connectivity index (χ4n) is 1.87. The number of methoxy groups -OCH3 is 1. The van der Waals surface area contributed by atoms with Gasteiger partial charge in [0.25, 0.3) is 0 Å². The van der Waals surface area contributed by atoms with Crippen LogP contribution in [0, 0.1) is 12.7 Å². The molecule has 0 unspecified atom stereocenters. The van der Waals surface area contributed by atoms with E-state index in [0.29, 0.717) is 22.4 Å². The number of aryl methyl sites for hydroxylation is 1. The molecule has 92 valence electrons. The van der Waals surface area contributed by atoms with Gasteiger partial charge in [0.1, 0.15) is 11.6 Å². The van der Waals surface area contributed by atoms with Crippen molar-refractivity contribution in [1.29, 1.82) is 0 Å². The fraction of sp³-hybridized carbons (Fsp3) is 0.133. The molecule has 0 heterocycles. The van der Waals surface area contributed by atoms with E-state index in [2.05, 4.69) is 0 Å². The van der Waals surface area contributed by atoms with Crippen molar-refractivity contribution in [2.24, 2.45) is 0 Å². The SMILES string of the molecule is COc1ccc(-c2ccc(C)cc2C=O)c(F)c1. The molecule has 0 N–H and O–H groups in total. The van der Waals surface area contributed by atoms with Crippen molar-refractivity contribution in [2.45, 2.75) is 6.92 Å². The number of benzene rings is 2. The molecule has 0 fully saturated rings. The third-order valence-corrected chi connectivity index (χ3v) is 2.80. The highest BCUT2D eigenvalue weighted by Gasteiger charge is 2.10. The predicted octanol–water partition coefficient (Wildman–Crippen LogP) is 3.62. The molecule has 0 saturated carbocycles. The lowest BCUT2D eigenvalue weighted by molar-refractivity contribution is 0.112. The molecule has 0 saturated heterocycles. The summed E-state index contributed by atoms with van der Waals surface area (Å²) in [6, 6.07) is 9.95. The van der Waals surface area contributed by atoms with Crippen molar-refractivity contribution in [3.8, 4) is 16.9 Å². The Bertz CT molecular complexity index is 591. The second-order valence-corrected chi connectivity index (χ2v) is 4.05. The average Bonchev–Trinajstić information content (AvgIpc) is 2.39. The second-order valence-electron chi connectivity index (χ2n) is 4.05. The van der Waals surface area contributed by atoms with Gasteiger partial charge in [-0.05, 0) is 30.7 Å². The molecule has 0 radical (unpaired) electrons. The number of hydrogen-bond donors (Lipinski definition) is 0. The summed E-state index contributed by atoms with van der Waals surface area (Å²) >= 11 is 0. The summed E-state index contributed by atoms with van der Waals surface area (Å²) in [6.45, 7) is 1.89. The summed E-state index contributed by atoms with van der Waals surface area (Å²) in [5.74, 6) is 0.0531. The quantitative estimate of drug-likeness (QED) is 0.771. The van der Waals surface area contributed by atoms with E-state index in [0.717, 1.165) is 11.8 Å². The van der Waals surface area contributed by atoms with Crippen molar-refractivity contribution >= 4 is 6.29 Å². The molecule has 0 aliphatic rings. The molecule has 0 aliphatic heterocycles. The molecule has 2 aromatic rings. The highest BCUT2D eigenvalue weighted by Crippen LogP contribution is 2.28. The van der Waals surface area contributed by atoms with Gasteiger partial charge in [-0.3, -0.25) is 4.79 Å². The third kappa shape index (κ3) is 2.25. The lowest BCUT2D eigenvalue weighted by Crippen LogP contribution is -1.93. The van der Waals surface area contributed by atoms with Gasteiger partial charge in [0.05, 0.1) is 7.11 Å². The lowest BCUT2D eigenvalue weighted by Gasteiger charge is -2.08. The van der Waals surface area contributed by atoms with E-state index in [1.54, 1.807) is 24.3 Å². The Morgan fingerprint density at radius 1 is 1.11 bits per heavy atom. The minimum Gasteiger partial charge on any atom is -0.497 e. The predicted molar refractivity (Wildman–Crippen MR) is 68.5 cm³/mol.